The molecule has 3 aromatic rings. The van der Waals surface area contributed by atoms with Crippen molar-refractivity contribution in [2.24, 2.45) is 0 Å². The molecule has 0 atom stereocenters. The van der Waals surface area contributed by atoms with Crippen LogP contribution in [0.3, 0.4) is 0 Å². The number of methoxy groups -OCH3 is 1. The van der Waals surface area contributed by atoms with Crippen molar-refractivity contribution < 1.29 is 4.74 Å². The van der Waals surface area contributed by atoms with Crippen LogP contribution in [-0.2, 0) is 11.3 Å². The molecule has 0 aliphatic heterocycles. The molecule has 3 rings (SSSR count). The average Bonchev–Trinajstić information content (AvgIpc) is 2.51. The second kappa shape index (κ2) is 5.79. The second-order valence-corrected chi connectivity index (χ2v) is 5.48. The van der Waals surface area contributed by atoms with Gasteiger partial charge in [0.15, 0.2) is 5.82 Å². The molecule has 5 heteroatoms. The first-order valence-electron chi connectivity index (χ1n) is 6.49. The number of hydrogen-bond donors (Lipinski definition) is 1. The molecule has 2 aromatic carbocycles. The van der Waals surface area contributed by atoms with E-state index < -0.39 is 0 Å². The Kier molecular flexibility index (Phi) is 3.86. The minimum Gasteiger partial charge on any atom is -0.383 e. The Morgan fingerprint density at radius 2 is 1.86 bits per heavy atom. The molecule has 0 aliphatic rings. The molecule has 0 saturated carbocycles. The van der Waals surface area contributed by atoms with Crippen molar-refractivity contribution in [1.29, 1.82) is 0 Å². The molecule has 21 heavy (non-hydrogen) atoms. The van der Waals surface area contributed by atoms with Crippen LogP contribution in [0.4, 0.5) is 5.82 Å². The Hall–Kier alpha value is -1.98. The van der Waals surface area contributed by atoms with Gasteiger partial charge < -0.3 is 10.5 Å². The summed E-state index contributed by atoms with van der Waals surface area (Å²) in [5.41, 5.74) is 7.63. The first-order valence-corrected chi connectivity index (χ1v) is 7.28. The molecule has 2 N–H and O–H groups in total. The van der Waals surface area contributed by atoms with E-state index in [-0.39, 0.29) is 0 Å². The lowest BCUT2D eigenvalue weighted by atomic mass is 10.1. The number of rotatable bonds is 3. The highest BCUT2D eigenvalue weighted by molar-refractivity contribution is 9.10. The molecule has 0 saturated heterocycles. The van der Waals surface area contributed by atoms with Crippen LogP contribution in [0.25, 0.3) is 22.2 Å². The Labute approximate surface area is 131 Å². The van der Waals surface area contributed by atoms with Crippen molar-refractivity contribution in [2.75, 3.05) is 12.8 Å². The second-order valence-electron chi connectivity index (χ2n) is 4.69. The lowest BCUT2D eigenvalue weighted by molar-refractivity contribution is 0.181. The molecule has 0 unspecified atom stereocenters. The highest BCUT2D eigenvalue weighted by Gasteiger charge is 2.11. The highest BCUT2D eigenvalue weighted by Crippen LogP contribution is 2.27. The maximum Gasteiger partial charge on any atom is 0.161 e. The van der Waals surface area contributed by atoms with E-state index in [1.165, 1.54) is 5.39 Å². The zero-order valence-electron chi connectivity index (χ0n) is 11.5. The summed E-state index contributed by atoms with van der Waals surface area (Å²) in [6.07, 6.45) is 0. The van der Waals surface area contributed by atoms with E-state index >= 15 is 0 Å². The zero-order chi connectivity index (χ0) is 14.8. The normalized spacial score (nSPS) is 11.0. The van der Waals surface area contributed by atoms with Crippen LogP contribution in [0.15, 0.2) is 46.9 Å². The molecule has 4 nitrogen and oxygen atoms in total. The molecule has 0 radical (unpaired) electrons. The molecule has 1 aromatic heterocycles. The molecule has 0 spiro atoms. The summed E-state index contributed by atoms with van der Waals surface area (Å²) < 4.78 is 5.84. The Bertz CT molecular complexity index is 805. The smallest absolute Gasteiger partial charge is 0.161 e. The van der Waals surface area contributed by atoms with E-state index in [9.17, 15) is 0 Å². The van der Waals surface area contributed by atoms with Crippen LogP contribution in [0, 0.1) is 0 Å². The average molecular weight is 344 g/mol. The van der Waals surface area contributed by atoms with Crippen LogP contribution in [0.5, 0.6) is 0 Å². The van der Waals surface area contributed by atoms with Crippen LogP contribution in [0.1, 0.15) is 5.69 Å². The third-order valence-electron chi connectivity index (χ3n) is 3.23. The van der Waals surface area contributed by atoms with Crippen molar-refractivity contribution in [2.45, 2.75) is 6.61 Å². The van der Waals surface area contributed by atoms with E-state index in [4.69, 9.17) is 10.5 Å². The third kappa shape index (κ3) is 2.75. The number of nitrogens with zero attached hydrogens (tertiary/aromatic N) is 2. The summed E-state index contributed by atoms with van der Waals surface area (Å²) in [4.78, 5) is 8.89. The third-order valence-corrected chi connectivity index (χ3v) is 4.10. The molecule has 0 bridgehead atoms. The molecule has 0 aliphatic carbocycles. The van der Waals surface area contributed by atoms with Crippen molar-refractivity contribution in [1.82, 2.24) is 9.97 Å². The van der Waals surface area contributed by atoms with Gasteiger partial charge in [-0.15, -0.1) is 0 Å². The number of anilines is 1. The number of benzene rings is 2. The van der Waals surface area contributed by atoms with Gasteiger partial charge in [0, 0.05) is 12.7 Å². The molecule has 0 amide bonds. The molecule has 106 valence electrons. The molecule has 1 heterocycles. The SMILES string of the molecule is COCc1nc(-c2ccc3ccccc3c2)nc(N)c1Br. The van der Waals surface area contributed by atoms with E-state index in [0.29, 0.717) is 22.7 Å². The van der Waals surface area contributed by atoms with Gasteiger partial charge in [-0.05, 0) is 32.8 Å². The highest BCUT2D eigenvalue weighted by atomic mass is 79.9. The minimum atomic E-state index is 0.383. The van der Waals surface area contributed by atoms with Gasteiger partial charge in [0.05, 0.1) is 16.8 Å². The summed E-state index contributed by atoms with van der Waals surface area (Å²) in [5.74, 6) is 1.02. The Morgan fingerprint density at radius 3 is 2.62 bits per heavy atom. The van der Waals surface area contributed by atoms with E-state index in [2.05, 4.69) is 50.2 Å². The van der Waals surface area contributed by atoms with Crippen molar-refractivity contribution in [3.05, 3.63) is 52.6 Å². The number of nitrogens with two attached hydrogens (primary N) is 1. The van der Waals surface area contributed by atoms with Crippen LogP contribution in [0.2, 0.25) is 0 Å². The summed E-state index contributed by atoms with van der Waals surface area (Å²) in [6.45, 7) is 0.383. The van der Waals surface area contributed by atoms with Gasteiger partial charge in [-0.1, -0.05) is 36.4 Å². The van der Waals surface area contributed by atoms with Crippen molar-refractivity contribution in [3.63, 3.8) is 0 Å². The zero-order valence-corrected chi connectivity index (χ0v) is 13.1. The van der Waals surface area contributed by atoms with Gasteiger partial charge in [0.1, 0.15) is 5.82 Å². The standard InChI is InChI=1S/C16H14BrN3O/c1-21-9-13-14(17)15(18)20-16(19-13)12-7-6-10-4-2-3-5-11(10)8-12/h2-8H,9H2,1H3,(H2,18,19,20). The lowest BCUT2D eigenvalue weighted by Gasteiger charge is -2.09. The first kappa shape index (κ1) is 14.0. The summed E-state index contributed by atoms with van der Waals surface area (Å²) in [5, 5.41) is 2.33. The Morgan fingerprint density at radius 1 is 1.10 bits per heavy atom. The number of hydrogen-bond acceptors (Lipinski definition) is 4. The molecular formula is C16H14BrN3O. The monoisotopic (exact) mass is 343 g/mol. The van der Waals surface area contributed by atoms with E-state index in [0.717, 1.165) is 16.6 Å². The minimum absolute atomic E-state index is 0.383. The maximum atomic E-state index is 5.95. The van der Waals surface area contributed by atoms with Crippen LogP contribution in [-0.4, -0.2) is 17.1 Å². The van der Waals surface area contributed by atoms with Gasteiger partial charge in [0.25, 0.3) is 0 Å². The number of halogens is 1. The largest absolute Gasteiger partial charge is 0.383 e. The molecular weight excluding hydrogens is 330 g/mol. The van der Waals surface area contributed by atoms with Gasteiger partial charge in [-0.3, -0.25) is 0 Å². The lowest BCUT2D eigenvalue weighted by Crippen LogP contribution is -2.03. The maximum absolute atomic E-state index is 5.95. The van der Waals surface area contributed by atoms with E-state index in [1.54, 1.807) is 7.11 Å². The summed E-state index contributed by atoms with van der Waals surface area (Å²) >= 11 is 3.40. The van der Waals surface area contributed by atoms with E-state index in [1.807, 2.05) is 18.2 Å². The number of aromatic nitrogens is 2. The predicted octanol–water partition coefficient (Wildman–Crippen LogP) is 3.79. The topological polar surface area (TPSA) is 61.0 Å². The number of ether oxygens (including phenoxy) is 1. The van der Waals surface area contributed by atoms with Crippen LogP contribution >= 0.6 is 15.9 Å². The first-order chi connectivity index (χ1) is 10.2. The fraction of sp³-hybridized carbons (Fsp3) is 0.125. The van der Waals surface area contributed by atoms with Gasteiger partial charge in [-0.25, -0.2) is 9.97 Å². The number of fused-ring (bicyclic) bond motifs is 1. The van der Waals surface area contributed by atoms with Crippen molar-refractivity contribution >= 4 is 32.5 Å². The van der Waals surface area contributed by atoms with Gasteiger partial charge in [0.2, 0.25) is 0 Å². The fourth-order valence-corrected chi connectivity index (χ4v) is 2.49. The molecule has 0 fully saturated rings. The van der Waals surface area contributed by atoms with Crippen LogP contribution < -0.4 is 5.73 Å². The fourth-order valence-electron chi connectivity index (χ4n) is 2.20. The Balaban J connectivity index is 2.13. The van der Waals surface area contributed by atoms with Gasteiger partial charge in [-0.2, -0.15) is 0 Å². The van der Waals surface area contributed by atoms with Gasteiger partial charge >= 0.3 is 0 Å². The summed E-state index contributed by atoms with van der Waals surface area (Å²) in [6, 6.07) is 14.3. The predicted molar refractivity (Wildman–Crippen MR) is 87.8 cm³/mol. The quantitative estimate of drug-likeness (QED) is 0.785. The van der Waals surface area contributed by atoms with Crippen molar-refractivity contribution in [3.8, 4) is 11.4 Å². The number of nitrogen functional groups attached to an aromatic ring is 1. The summed E-state index contributed by atoms with van der Waals surface area (Å²) in [7, 11) is 1.63.